The predicted octanol–water partition coefficient (Wildman–Crippen LogP) is 3.91. The average Bonchev–Trinajstić information content (AvgIpc) is 2.81. The lowest BCUT2D eigenvalue weighted by molar-refractivity contribution is 0.991. The molecule has 1 aliphatic heterocycles. The zero-order valence-corrected chi connectivity index (χ0v) is 12.0. The van der Waals surface area contributed by atoms with Gasteiger partial charge in [-0.3, -0.25) is 0 Å². The van der Waals surface area contributed by atoms with E-state index in [0.29, 0.717) is 6.54 Å². The fourth-order valence-electron chi connectivity index (χ4n) is 2.49. The monoisotopic (exact) mass is 294 g/mol. The molecule has 0 amide bonds. The van der Waals surface area contributed by atoms with Gasteiger partial charge in [0.15, 0.2) is 0 Å². The van der Waals surface area contributed by atoms with E-state index in [4.69, 9.17) is 17.3 Å². The number of nitrogens with zero attached hydrogens (tertiary/aromatic N) is 1. The minimum absolute atomic E-state index is 0. The molecule has 0 saturated heterocycles. The molecular formula is C15H16Cl2N2. The van der Waals surface area contributed by atoms with Gasteiger partial charge >= 0.3 is 0 Å². The van der Waals surface area contributed by atoms with Gasteiger partial charge < -0.3 is 10.6 Å². The van der Waals surface area contributed by atoms with E-state index < -0.39 is 0 Å². The van der Waals surface area contributed by atoms with Crippen LogP contribution in [0, 0.1) is 0 Å². The number of halogens is 2. The molecule has 0 fully saturated rings. The lowest BCUT2D eigenvalue weighted by Crippen LogP contribution is -2.13. The van der Waals surface area contributed by atoms with Gasteiger partial charge in [0.25, 0.3) is 0 Å². The zero-order chi connectivity index (χ0) is 12.5. The summed E-state index contributed by atoms with van der Waals surface area (Å²) in [5, 5.41) is 0.811. The second-order valence-electron chi connectivity index (χ2n) is 4.55. The molecule has 1 aliphatic rings. The Bertz CT molecular complexity index is 584. The third-order valence-electron chi connectivity index (χ3n) is 3.40. The zero-order valence-electron chi connectivity index (χ0n) is 10.5. The van der Waals surface area contributed by atoms with E-state index in [2.05, 4.69) is 41.3 Å². The summed E-state index contributed by atoms with van der Waals surface area (Å²) < 4.78 is 0. The molecule has 3 rings (SSSR count). The summed E-state index contributed by atoms with van der Waals surface area (Å²) in [4.78, 5) is 2.32. The number of anilines is 2. The standard InChI is InChI=1S/C15H15ClN2.ClH/c16-13-4-5-15-12(9-13)6-7-18(15)14-3-1-2-11(8-14)10-17;/h1-5,8-9H,6-7,10,17H2;1H. The van der Waals surface area contributed by atoms with Gasteiger partial charge in [-0.15, -0.1) is 12.4 Å². The number of hydrogen-bond donors (Lipinski definition) is 1. The first kappa shape index (κ1) is 14.2. The molecule has 2 aromatic rings. The molecule has 0 unspecified atom stereocenters. The Morgan fingerprint density at radius 3 is 2.79 bits per heavy atom. The van der Waals surface area contributed by atoms with Crippen molar-refractivity contribution < 1.29 is 0 Å². The topological polar surface area (TPSA) is 29.3 Å². The first-order valence-electron chi connectivity index (χ1n) is 6.13. The highest BCUT2D eigenvalue weighted by Gasteiger charge is 2.20. The van der Waals surface area contributed by atoms with E-state index in [0.717, 1.165) is 23.6 Å². The molecule has 0 aliphatic carbocycles. The maximum absolute atomic E-state index is 6.03. The Morgan fingerprint density at radius 2 is 2.00 bits per heavy atom. The fourth-order valence-corrected chi connectivity index (χ4v) is 2.68. The lowest BCUT2D eigenvalue weighted by atomic mass is 10.1. The van der Waals surface area contributed by atoms with Crippen molar-refractivity contribution in [2.75, 3.05) is 11.4 Å². The minimum atomic E-state index is 0. The Kier molecular flexibility index (Phi) is 4.35. The van der Waals surface area contributed by atoms with Crippen molar-refractivity contribution in [3.8, 4) is 0 Å². The van der Waals surface area contributed by atoms with Crippen LogP contribution in [0.3, 0.4) is 0 Å². The molecule has 100 valence electrons. The Balaban J connectivity index is 0.00000133. The van der Waals surface area contributed by atoms with Gasteiger partial charge in [-0.2, -0.15) is 0 Å². The molecular weight excluding hydrogens is 279 g/mol. The summed E-state index contributed by atoms with van der Waals surface area (Å²) in [6.45, 7) is 1.58. The molecule has 1 heterocycles. The molecule has 0 saturated carbocycles. The molecule has 0 radical (unpaired) electrons. The van der Waals surface area contributed by atoms with Crippen LogP contribution in [0.25, 0.3) is 0 Å². The van der Waals surface area contributed by atoms with E-state index in [1.165, 1.54) is 16.9 Å². The highest BCUT2D eigenvalue weighted by molar-refractivity contribution is 6.30. The summed E-state index contributed by atoms with van der Waals surface area (Å²) in [5.74, 6) is 0. The summed E-state index contributed by atoms with van der Waals surface area (Å²) in [6, 6.07) is 14.5. The number of rotatable bonds is 2. The highest BCUT2D eigenvalue weighted by atomic mass is 35.5. The summed E-state index contributed by atoms with van der Waals surface area (Å²) >= 11 is 6.03. The van der Waals surface area contributed by atoms with Crippen molar-refractivity contribution in [2.24, 2.45) is 5.73 Å². The number of hydrogen-bond acceptors (Lipinski definition) is 2. The third kappa shape index (κ3) is 2.71. The van der Waals surface area contributed by atoms with Crippen molar-refractivity contribution in [2.45, 2.75) is 13.0 Å². The van der Waals surface area contributed by atoms with Crippen LogP contribution >= 0.6 is 24.0 Å². The van der Waals surface area contributed by atoms with E-state index in [9.17, 15) is 0 Å². The molecule has 19 heavy (non-hydrogen) atoms. The van der Waals surface area contributed by atoms with Crippen molar-refractivity contribution in [3.63, 3.8) is 0 Å². The minimum Gasteiger partial charge on any atom is -0.341 e. The maximum atomic E-state index is 6.03. The summed E-state index contributed by atoms with van der Waals surface area (Å²) in [6.07, 6.45) is 1.04. The van der Waals surface area contributed by atoms with Crippen LogP contribution < -0.4 is 10.6 Å². The van der Waals surface area contributed by atoms with E-state index >= 15 is 0 Å². The predicted molar refractivity (Wildman–Crippen MR) is 83.7 cm³/mol. The number of fused-ring (bicyclic) bond motifs is 1. The molecule has 0 spiro atoms. The number of benzene rings is 2. The van der Waals surface area contributed by atoms with Crippen LogP contribution in [0.15, 0.2) is 42.5 Å². The Morgan fingerprint density at radius 1 is 1.16 bits per heavy atom. The Labute approximate surface area is 124 Å². The molecule has 4 heteroatoms. The SMILES string of the molecule is Cl.NCc1cccc(N2CCc3cc(Cl)ccc32)c1. The van der Waals surface area contributed by atoms with Gasteiger partial charge in [0.05, 0.1) is 0 Å². The normalized spacial score (nSPS) is 13.1. The van der Waals surface area contributed by atoms with Crippen molar-refractivity contribution in [1.29, 1.82) is 0 Å². The van der Waals surface area contributed by atoms with Crippen LogP contribution in [-0.2, 0) is 13.0 Å². The lowest BCUT2D eigenvalue weighted by Gasteiger charge is -2.20. The molecule has 2 nitrogen and oxygen atoms in total. The van der Waals surface area contributed by atoms with Gasteiger partial charge in [0.2, 0.25) is 0 Å². The quantitative estimate of drug-likeness (QED) is 0.910. The fraction of sp³-hybridized carbons (Fsp3) is 0.200. The van der Waals surface area contributed by atoms with Gasteiger partial charge in [0.1, 0.15) is 0 Å². The van der Waals surface area contributed by atoms with E-state index in [1.54, 1.807) is 0 Å². The molecule has 2 aromatic carbocycles. The first-order chi connectivity index (χ1) is 8.78. The Hall–Kier alpha value is -1.22. The van der Waals surface area contributed by atoms with Crippen LogP contribution in [0.1, 0.15) is 11.1 Å². The highest BCUT2D eigenvalue weighted by Crippen LogP contribution is 2.36. The summed E-state index contributed by atoms with van der Waals surface area (Å²) in [5.41, 5.74) is 10.6. The van der Waals surface area contributed by atoms with Crippen LogP contribution in [0.4, 0.5) is 11.4 Å². The van der Waals surface area contributed by atoms with Gasteiger partial charge in [-0.1, -0.05) is 23.7 Å². The van der Waals surface area contributed by atoms with Gasteiger partial charge in [-0.25, -0.2) is 0 Å². The first-order valence-corrected chi connectivity index (χ1v) is 6.51. The maximum Gasteiger partial charge on any atom is 0.0445 e. The van der Waals surface area contributed by atoms with Gasteiger partial charge in [-0.05, 0) is 47.9 Å². The third-order valence-corrected chi connectivity index (χ3v) is 3.63. The van der Waals surface area contributed by atoms with E-state index in [1.807, 2.05) is 6.07 Å². The van der Waals surface area contributed by atoms with Crippen molar-refractivity contribution in [1.82, 2.24) is 0 Å². The average molecular weight is 295 g/mol. The molecule has 0 bridgehead atoms. The molecule has 0 aromatic heterocycles. The molecule has 2 N–H and O–H groups in total. The van der Waals surface area contributed by atoms with Crippen LogP contribution in [0.5, 0.6) is 0 Å². The summed E-state index contributed by atoms with van der Waals surface area (Å²) in [7, 11) is 0. The second-order valence-corrected chi connectivity index (χ2v) is 4.99. The van der Waals surface area contributed by atoms with E-state index in [-0.39, 0.29) is 12.4 Å². The van der Waals surface area contributed by atoms with Gasteiger partial charge in [0, 0.05) is 29.5 Å². The van der Waals surface area contributed by atoms with Crippen molar-refractivity contribution >= 4 is 35.4 Å². The number of nitrogens with two attached hydrogens (primary N) is 1. The van der Waals surface area contributed by atoms with Crippen molar-refractivity contribution in [3.05, 3.63) is 58.6 Å². The van der Waals surface area contributed by atoms with Crippen LogP contribution in [0.2, 0.25) is 5.02 Å². The molecule has 0 atom stereocenters. The smallest absolute Gasteiger partial charge is 0.0445 e. The second kappa shape index (κ2) is 5.83. The van der Waals surface area contributed by atoms with Crippen LogP contribution in [-0.4, -0.2) is 6.54 Å². The largest absolute Gasteiger partial charge is 0.341 e.